The Hall–Kier alpha value is -2.77. The molecule has 7 heteroatoms. The van der Waals surface area contributed by atoms with Gasteiger partial charge in [-0.25, -0.2) is 8.42 Å². The van der Waals surface area contributed by atoms with Crippen molar-refractivity contribution < 1.29 is 17.9 Å². The molecule has 0 atom stereocenters. The van der Waals surface area contributed by atoms with Crippen LogP contribution in [0.2, 0.25) is 0 Å². The van der Waals surface area contributed by atoms with E-state index in [1.807, 2.05) is 6.92 Å². The van der Waals surface area contributed by atoms with Crippen molar-refractivity contribution >= 4 is 33.3 Å². The monoisotopic (exact) mass is 427 g/mol. The van der Waals surface area contributed by atoms with E-state index < -0.39 is 10.0 Å². The first-order valence-corrected chi connectivity index (χ1v) is 11.3. The average molecular weight is 428 g/mol. The number of ether oxygens (including phenoxy) is 1. The fourth-order valence-electron chi connectivity index (χ4n) is 2.58. The molecule has 0 saturated heterocycles. The number of carbonyl (C=O) groups is 1. The number of Topliss-reactive ketones (excluding diaryl/α,β-unsaturated/α-hetero) is 1. The second-order valence-corrected chi connectivity index (χ2v) is 9.12. The van der Waals surface area contributed by atoms with Crippen LogP contribution in [0.3, 0.4) is 0 Å². The summed E-state index contributed by atoms with van der Waals surface area (Å²) in [6, 6.07) is 20.7. The number of nitrogens with one attached hydrogen (secondary N) is 1. The normalized spacial score (nSPS) is 11.1. The lowest BCUT2D eigenvalue weighted by Crippen LogP contribution is -2.12. The van der Waals surface area contributed by atoms with E-state index in [0.29, 0.717) is 17.0 Å². The van der Waals surface area contributed by atoms with E-state index in [-0.39, 0.29) is 16.4 Å². The number of anilines is 1. The predicted octanol–water partition coefficient (Wildman–Crippen LogP) is 4.78. The van der Waals surface area contributed by atoms with E-state index in [2.05, 4.69) is 4.72 Å². The largest absolute Gasteiger partial charge is 0.497 e. The molecule has 29 heavy (non-hydrogen) atoms. The predicted molar refractivity (Wildman–Crippen MR) is 116 cm³/mol. The van der Waals surface area contributed by atoms with E-state index in [1.165, 1.54) is 11.8 Å². The molecule has 3 aromatic rings. The Morgan fingerprint density at radius 3 is 2.34 bits per heavy atom. The number of hydrogen-bond acceptors (Lipinski definition) is 5. The van der Waals surface area contributed by atoms with Crippen LogP contribution in [0.25, 0.3) is 0 Å². The average Bonchev–Trinajstić information content (AvgIpc) is 2.73. The van der Waals surface area contributed by atoms with Gasteiger partial charge in [0.05, 0.1) is 17.8 Å². The third kappa shape index (κ3) is 5.62. The number of aryl methyl sites for hydroxylation is 1. The van der Waals surface area contributed by atoms with Gasteiger partial charge >= 0.3 is 0 Å². The van der Waals surface area contributed by atoms with Crippen LogP contribution >= 0.6 is 11.8 Å². The van der Waals surface area contributed by atoms with Crippen molar-refractivity contribution in [2.45, 2.75) is 16.7 Å². The Bertz CT molecular complexity index is 1090. The Labute approximate surface area is 175 Å². The fraction of sp³-hybridized carbons (Fsp3) is 0.136. The molecule has 3 aromatic carbocycles. The van der Waals surface area contributed by atoms with Gasteiger partial charge in [-0.15, -0.1) is 11.8 Å². The molecule has 1 N–H and O–H groups in total. The van der Waals surface area contributed by atoms with Gasteiger partial charge in [0, 0.05) is 16.1 Å². The highest BCUT2D eigenvalue weighted by molar-refractivity contribution is 8.00. The van der Waals surface area contributed by atoms with Gasteiger partial charge < -0.3 is 4.74 Å². The van der Waals surface area contributed by atoms with Crippen LogP contribution in [-0.4, -0.2) is 27.1 Å². The molecule has 0 heterocycles. The third-order valence-electron chi connectivity index (χ3n) is 4.20. The summed E-state index contributed by atoms with van der Waals surface area (Å²) < 4.78 is 32.6. The van der Waals surface area contributed by atoms with Crippen molar-refractivity contribution in [2.75, 3.05) is 17.6 Å². The first kappa shape index (κ1) is 21.0. The minimum absolute atomic E-state index is 0.00181. The van der Waals surface area contributed by atoms with Crippen molar-refractivity contribution in [3.8, 4) is 5.75 Å². The highest BCUT2D eigenvalue weighted by atomic mass is 32.2. The van der Waals surface area contributed by atoms with Gasteiger partial charge in [-0.2, -0.15) is 0 Å². The molecule has 0 saturated carbocycles. The van der Waals surface area contributed by atoms with Crippen LogP contribution < -0.4 is 9.46 Å². The maximum atomic E-state index is 12.5. The summed E-state index contributed by atoms with van der Waals surface area (Å²) in [5.41, 5.74) is 2.06. The number of sulfonamides is 1. The zero-order valence-corrected chi connectivity index (χ0v) is 17.7. The maximum absolute atomic E-state index is 12.5. The van der Waals surface area contributed by atoms with Crippen molar-refractivity contribution in [2.24, 2.45) is 0 Å². The second kappa shape index (κ2) is 9.15. The number of ketones is 1. The van der Waals surface area contributed by atoms with Gasteiger partial charge in [0.15, 0.2) is 5.78 Å². The molecule has 0 aromatic heterocycles. The molecule has 0 aliphatic heterocycles. The van der Waals surface area contributed by atoms with Gasteiger partial charge in [-0.05, 0) is 55.5 Å². The summed E-state index contributed by atoms with van der Waals surface area (Å²) in [4.78, 5) is 13.4. The standard InChI is InChI=1S/C22H21NO4S2/c1-16-6-12-21(13-7-16)29(25,26)23-18-8-10-20(11-9-18)28-15-22(24)17-4-3-5-19(14-17)27-2/h3-14,23H,15H2,1-2H3. The molecule has 0 unspecified atom stereocenters. The quantitative estimate of drug-likeness (QED) is 0.414. The summed E-state index contributed by atoms with van der Waals surface area (Å²) in [5.74, 6) is 0.922. The van der Waals surface area contributed by atoms with Crippen molar-refractivity contribution in [1.29, 1.82) is 0 Å². The van der Waals surface area contributed by atoms with Crippen molar-refractivity contribution in [1.82, 2.24) is 0 Å². The SMILES string of the molecule is COc1cccc(C(=O)CSc2ccc(NS(=O)(=O)c3ccc(C)cc3)cc2)c1. The minimum Gasteiger partial charge on any atom is -0.497 e. The van der Waals surface area contributed by atoms with Gasteiger partial charge in [-0.3, -0.25) is 9.52 Å². The molecule has 0 amide bonds. The van der Waals surface area contributed by atoms with E-state index in [0.717, 1.165) is 10.5 Å². The molecule has 0 aliphatic carbocycles. The van der Waals surface area contributed by atoms with Gasteiger partial charge in [0.25, 0.3) is 10.0 Å². The van der Waals surface area contributed by atoms with Gasteiger partial charge in [0.1, 0.15) is 5.75 Å². The fourth-order valence-corrected chi connectivity index (χ4v) is 4.43. The minimum atomic E-state index is -3.63. The first-order chi connectivity index (χ1) is 13.9. The van der Waals surface area contributed by atoms with Crippen LogP contribution in [-0.2, 0) is 10.0 Å². The van der Waals surface area contributed by atoms with E-state index in [9.17, 15) is 13.2 Å². The summed E-state index contributed by atoms with van der Waals surface area (Å²) in [5, 5.41) is 0. The lowest BCUT2D eigenvalue weighted by atomic mass is 10.1. The molecule has 0 radical (unpaired) electrons. The highest BCUT2D eigenvalue weighted by Crippen LogP contribution is 2.24. The summed E-state index contributed by atoms with van der Waals surface area (Å²) in [6.45, 7) is 1.90. The molecule has 3 rings (SSSR count). The molecular weight excluding hydrogens is 406 g/mol. The summed E-state index contributed by atoms with van der Waals surface area (Å²) in [7, 11) is -2.07. The summed E-state index contributed by atoms with van der Waals surface area (Å²) in [6.07, 6.45) is 0. The van der Waals surface area contributed by atoms with Crippen molar-refractivity contribution in [3.05, 3.63) is 83.9 Å². The number of carbonyl (C=O) groups excluding carboxylic acids is 1. The number of rotatable bonds is 8. The van der Waals surface area contributed by atoms with E-state index in [1.54, 1.807) is 79.9 Å². The molecule has 0 aliphatic rings. The summed E-state index contributed by atoms with van der Waals surface area (Å²) >= 11 is 1.39. The zero-order valence-electron chi connectivity index (χ0n) is 16.1. The molecule has 0 fully saturated rings. The molecule has 0 bridgehead atoms. The number of benzene rings is 3. The van der Waals surface area contributed by atoms with E-state index >= 15 is 0 Å². The van der Waals surface area contributed by atoms with Gasteiger partial charge in [0.2, 0.25) is 0 Å². The van der Waals surface area contributed by atoms with Gasteiger partial charge in [-0.1, -0.05) is 29.8 Å². The Balaban J connectivity index is 1.61. The van der Waals surface area contributed by atoms with Crippen LogP contribution in [0.4, 0.5) is 5.69 Å². The number of thioether (sulfide) groups is 1. The van der Waals surface area contributed by atoms with Crippen LogP contribution in [0.1, 0.15) is 15.9 Å². The highest BCUT2D eigenvalue weighted by Gasteiger charge is 2.14. The number of methoxy groups -OCH3 is 1. The Morgan fingerprint density at radius 2 is 1.69 bits per heavy atom. The number of hydrogen-bond donors (Lipinski definition) is 1. The Morgan fingerprint density at radius 1 is 1.00 bits per heavy atom. The lowest BCUT2D eigenvalue weighted by Gasteiger charge is -2.09. The maximum Gasteiger partial charge on any atom is 0.261 e. The lowest BCUT2D eigenvalue weighted by molar-refractivity contribution is 0.102. The molecule has 150 valence electrons. The van der Waals surface area contributed by atoms with Crippen molar-refractivity contribution in [3.63, 3.8) is 0 Å². The smallest absolute Gasteiger partial charge is 0.261 e. The molecule has 0 spiro atoms. The Kier molecular flexibility index (Phi) is 6.61. The topological polar surface area (TPSA) is 72.5 Å². The molecule has 5 nitrogen and oxygen atoms in total. The second-order valence-electron chi connectivity index (χ2n) is 6.39. The first-order valence-electron chi connectivity index (χ1n) is 8.87. The van der Waals surface area contributed by atoms with Crippen LogP contribution in [0.15, 0.2) is 82.6 Å². The zero-order chi connectivity index (χ0) is 20.9. The van der Waals surface area contributed by atoms with E-state index in [4.69, 9.17) is 4.74 Å². The molecular formula is C22H21NO4S2. The van der Waals surface area contributed by atoms with Crippen LogP contribution in [0.5, 0.6) is 5.75 Å². The van der Waals surface area contributed by atoms with Crippen LogP contribution in [0, 0.1) is 6.92 Å². The third-order valence-corrected chi connectivity index (χ3v) is 6.61.